The Balaban J connectivity index is 3.16. The lowest BCUT2D eigenvalue weighted by Crippen LogP contribution is -2.24. The standard InChI is InChI=1S/C28H37N3O4/c1-9-11-17(3)27(34)30-20(6)16-29-15-19(5)24(12-13-26(32)33)21(7)18(4)14-25-22(8)23(10-2)28(35)31-25/h9-11,14,16,29H,1-2,12-13,15H2,3-8H3,(H,30,34)(H,31,35)(H,32,33)/b17-11+,20-16?,21-18+,24-19+,25-14+. The Morgan fingerprint density at radius 2 is 1.74 bits per heavy atom. The van der Waals surface area contributed by atoms with E-state index in [0.29, 0.717) is 35.5 Å². The molecule has 0 radical (unpaired) electrons. The van der Waals surface area contributed by atoms with Crippen LogP contribution in [0.2, 0.25) is 0 Å². The number of rotatable bonds is 12. The van der Waals surface area contributed by atoms with Gasteiger partial charge in [0, 0.05) is 41.7 Å². The summed E-state index contributed by atoms with van der Waals surface area (Å²) in [6.07, 6.45) is 8.73. The summed E-state index contributed by atoms with van der Waals surface area (Å²) in [6.45, 7) is 18.9. The molecule has 35 heavy (non-hydrogen) atoms. The van der Waals surface area contributed by atoms with E-state index in [2.05, 4.69) is 29.1 Å². The van der Waals surface area contributed by atoms with Crippen LogP contribution in [0.5, 0.6) is 0 Å². The molecule has 0 aromatic carbocycles. The Bertz CT molecular complexity index is 1100. The molecular formula is C28H37N3O4. The number of amides is 2. The molecule has 0 fully saturated rings. The van der Waals surface area contributed by atoms with E-state index in [1.54, 1.807) is 38.3 Å². The lowest BCUT2D eigenvalue weighted by atomic mass is 9.93. The molecule has 0 bridgehead atoms. The molecule has 188 valence electrons. The van der Waals surface area contributed by atoms with Crippen LogP contribution in [0.3, 0.4) is 0 Å². The third kappa shape index (κ3) is 8.77. The molecule has 0 spiro atoms. The minimum Gasteiger partial charge on any atom is -0.481 e. The highest BCUT2D eigenvalue weighted by molar-refractivity contribution is 6.02. The minimum atomic E-state index is -0.870. The number of carboxylic acid groups (broad SMARTS) is 1. The quantitative estimate of drug-likeness (QED) is 0.239. The average molecular weight is 480 g/mol. The lowest BCUT2D eigenvalue weighted by Gasteiger charge is -2.16. The highest BCUT2D eigenvalue weighted by Gasteiger charge is 2.21. The SMILES string of the molecule is C=C/C=C(\C)C(=O)NC(C)=CNC/C(C)=C(CCC(=O)O)/C(C)=C(C)/C=C1/NC(=O)C(C=C)=C1C. The summed E-state index contributed by atoms with van der Waals surface area (Å²) < 4.78 is 0. The zero-order chi connectivity index (χ0) is 26.7. The van der Waals surface area contributed by atoms with E-state index in [-0.39, 0.29) is 18.2 Å². The molecule has 7 nitrogen and oxygen atoms in total. The van der Waals surface area contributed by atoms with Crippen molar-refractivity contribution in [1.29, 1.82) is 0 Å². The first kappa shape index (κ1) is 29.2. The smallest absolute Gasteiger partial charge is 0.303 e. The lowest BCUT2D eigenvalue weighted by molar-refractivity contribution is -0.137. The summed E-state index contributed by atoms with van der Waals surface area (Å²) in [5, 5.41) is 18.1. The Kier molecular flexibility index (Phi) is 11.5. The molecule has 0 aliphatic carbocycles. The molecule has 0 aromatic heterocycles. The summed E-state index contributed by atoms with van der Waals surface area (Å²) >= 11 is 0. The number of aliphatic carboxylic acids is 1. The molecule has 1 aliphatic heterocycles. The molecular weight excluding hydrogens is 442 g/mol. The molecule has 7 heteroatoms. The summed E-state index contributed by atoms with van der Waals surface area (Å²) in [4.78, 5) is 35.4. The van der Waals surface area contributed by atoms with Crippen molar-refractivity contribution in [1.82, 2.24) is 16.0 Å². The van der Waals surface area contributed by atoms with Crippen molar-refractivity contribution in [2.75, 3.05) is 6.54 Å². The summed E-state index contributed by atoms with van der Waals surface area (Å²) in [5.41, 5.74) is 7.08. The van der Waals surface area contributed by atoms with E-state index in [4.69, 9.17) is 0 Å². The average Bonchev–Trinajstić information content (AvgIpc) is 3.05. The van der Waals surface area contributed by atoms with Crippen LogP contribution >= 0.6 is 0 Å². The second-order valence-electron chi connectivity index (χ2n) is 8.46. The molecule has 2 amide bonds. The minimum absolute atomic E-state index is 0.00395. The molecule has 4 N–H and O–H groups in total. The second kappa shape index (κ2) is 13.7. The fourth-order valence-electron chi connectivity index (χ4n) is 3.53. The maximum atomic E-state index is 12.1. The van der Waals surface area contributed by atoms with Gasteiger partial charge in [0.05, 0.1) is 0 Å². The Morgan fingerprint density at radius 3 is 2.29 bits per heavy atom. The first-order valence-corrected chi connectivity index (χ1v) is 11.4. The first-order valence-electron chi connectivity index (χ1n) is 11.4. The van der Waals surface area contributed by atoms with Gasteiger partial charge in [0.1, 0.15) is 0 Å². The van der Waals surface area contributed by atoms with Gasteiger partial charge in [-0.05, 0) is 76.3 Å². The van der Waals surface area contributed by atoms with Gasteiger partial charge in [-0.2, -0.15) is 0 Å². The van der Waals surface area contributed by atoms with Crippen LogP contribution in [0, 0.1) is 0 Å². The van der Waals surface area contributed by atoms with Gasteiger partial charge in [-0.25, -0.2) is 0 Å². The topological polar surface area (TPSA) is 108 Å². The second-order valence-corrected chi connectivity index (χ2v) is 8.46. The third-order valence-corrected chi connectivity index (χ3v) is 5.74. The fourth-order valence-corrected chi connectivity index (χ4v) is 3.53. The summed E-state index contributed by atoms with van der Waals surface area (Å²) in [5.74, 6) is -1.26. The Labute approximate surface area is 208 Å². The van der Waals surface area contributed by atoms with Gasteiger partial charge in [-0.15, -0.1) is 0 Å². The fraction of sp³-hybridized carbons (Fsp3) is 0.321. The van der Waals surface area contributed by atoms with Crippen LogP contribution < -0.4 is 16.0 Å². The van der Waals surface area contributed by atoms with Crippen LogP contribution in [0.1, 0.15) is 54.4 Å². The van der Waals surface area contributed by atoms with Crippen molar-refractivity contribution in [3.05, 3.63) is 94.1 Å². The van der Waals surface area contributed by atoms with Crippen LogP contribution in [0.25, 0.3) is 0 Å². The van der Waals surface area contributed by atoms with Gasteiger partial charge < -0.3 is 21.1 Å². The molecule has 0 atom stereocenters. The molecule has 0 saturated carbocycles. The normalized spacial score (nSPS) is 17.0. The van der Waals surface area contributed by atoms with E-state index in [9.17, 15) is 19.5 Å². The zero-order valence-electron chi connectivity index (χ0n) is 21.6. The number of carboxylic acids is 1. The largest absolute Gasteiger partial charge is 0.481 e. The van der Waals surface area contributed by atoms with Gasteiger partial charge >= 0.3 is 5.97 Å². The zero-order valence-corrected chi connectivity index (χ0v) is 21.6. The van der Waals surface area contributed by atoms with Crippen LogP contribution in [-0.2, 0) is 14.4 Å². The van der Waals surface area contributed by atoms with Crippen LogP contribution in [-0.4, -0.2) is 29.4 Å². The molecule has 0 saturated heterocycles. The first-order chi connectivity index (χ1) is 16.4. The van der Waals surface area contributed by atoms with E-state index >= 15 is 0 Å². The maximum Gasteiger partial charge on any atom is 0.303 e. The predicted octanol–water partition coefficient (Wildman–Crippen LogP) is 4.72. The summed E-state index contributed by atoms with van der Waals surface area (Å²) in [7, 11) is 0. The van der Waals surface area contributed by atoms with Crippen molar-refractivity contribution < 1.29 is 19.5 Å². The van der Waals surface area contributed by atoms with Gasteiger partial charge in [0.25, 0.3) is 11.8 Å². The van der Waals surface area contributed by atoms with Crippen molar-refractivity contribution in [2.45, 2.75) is 54.4 Å². The van der Waals surface area contributed by atoms with Crippen molar-refractivity contribution in [3.8, 4) is 0 Å². The monoisotopic (exact) mass is 479 g/mol. The van der Waals surface area contributed by atoms with Crippen LogP contribution in [0.15, 0.2) is 94.1 Å². The number of hydrogen-bond donors (Lipinski definition) is 4. The van der Waals surface area contributed by atoms with E-state index < -0.39 is 5.97 Å². The molecule has 1 heterocycles. The maximum absolute atomic E-state index is 12.1. The highest BCUT2D eigenvalue weighted by atomic mass is 16.4. The number of hydrogen-bond acceptors (Lipinski definition) is 4. The Morgan fingerprint density at radius 1 is 1.09 bits per heavy atom. The van der Waals surface area contributed by atoms with Gasteiger partial charge in [-0.1, -0.05) is 37.0 Å². The van der Waals surface area contributed by atoms with Gasteiger partial charge in [0.2, 0.25) is 0 Å². The van der Waals surface area contributed by atoms with Crippen molar-refractivity contribution in [2.24, 2.45) is 0 Å². The number of allylic oxidation sites excluding steroid dienone is 8. The molecule has 1 rings (SSSR count). The molecule has 0 unspecified atom stereocenters. The highest BCUT2D eigenvalue weighted by Crippen LogP contribution is 2.27. The van der Waals surface area contributed by atoms with Crippen LogP contribution in [0.4, 0.5) is 0 Å². The predicted molar refractivity (Wildman–Crippen MR) is 141 cm³/mol. The number of carbonyl (C=O) groups excluding carboxylic acids is 2. The third-order valence-electron chi connectivity index (χ3n) is 5.74. The van der Waals surface area contributed by atoms with E-state index in [0.717, 1.165) is 27.9 Å². The number of nitrogens with one attached hydrogen (secondary N) is 3. The van der Waals surface area contributed by atoms with Gasteiger partial charge in [-0.3, -0.25) is 14.4 Å². The van der Waals surface area contributed by atoms with E-state index in [1.165, 1.54) is 0 Å². The summed E-state index contributed by atoms with van der Waals surface area (Å²) in [6, 6.07) is 0. The van der Waals surface area contributed by atoms with Gasteiger partial charge in [0.15, 0.2) is 0 Å². The Hall–Kier alpha value is -3.87. The molecule has 0 aromatic rings. The van der Waals surface area contributed by atoms with E-state index in [1.807, 2.05) is 33.8 Å². The molecule has 1 aliphatic rings. The van der Waals surface area contributed by atoms with Crippen molar-refractivity contribution in [3.63, 3.8) is 0 Å². The van der Waals surface area contributed by atoms with Crippen molar-refractivity contribution >= 4 is 17.8 Å². The number of carbonyl (C=O) groups is 3.